The third-order valence-corrected chi connectivity index (χ3v) is 3.56. The van der Waals surface area contributed by atoms with Gasteiger partial charge in [-0.05, 0) is 41.0 Å². The molecule has 0 aliphatic carbocycles. The molecule has 0 aromatic carbocycles. The number of carboxylic acid groups (broad SMARTS) is 1. The Morgan fingerprint density at radius 2 is 2.00 bits per heavy atom. The molecule has 6 nitrogen and oxygen atoms in total. The van der Waals surface area contributed by atoms with Crippen molar-refractivity contribution < 1.29 is 14.7 Å². The summed E-state index contributed by atoms with van der Waals surface area (Å²) in [5.74, 6) is -1.29. The Bertz CT molecular complexity index is 529. The van der Waals surface area contributed by atoms with E-state index in [-0.39, 0.29) is 24.0 Å². The monoisotopic (exact) mass is 295 g/mol. The molecule has 118 valence electrons. The Labute approximate surface area is 125 Å². The predicted molar refractivity (Wildman–Crippen MR) is 80.4 cm³/mol. The summed E-state index contributed by atoms with van der Waals surface area (Å²) < 4.78 is 1.79. The van der Waals surface area contributed by atoms with Crippen molar-refractivity contribution in [1.29, 1.82) is 0 Å². The van der Waals surface area contributed by atoms with Crippen molar-refractivity contribution in [2.75, 3.05) is 6.54 Å². The predicted octanol–water partition coefficient (Wildman–Crippen LogP) is 2.27. The third kappa shape index (κ3) is 3.83. The van der Waals surface area contributed by atoms with E-state index in [4.69, 9.17) is 5.11 Å². The van der Waals surface area contributed by atoms with Gasteiger partial charge in [0.1, 0.15) is 6.54 Å². The molecule has 0 fully saturated rings. The van der Waals surface area contributed by atoms with Gasteiger partial charge in [-0.15, -0.1) is 0 Å². The number of aliphatic carboxylic acids is 1. The van der Waals surface area contributed by atoms with E-state index in [1.165, 1.54) is 11.1 Å². The molecular weight excluding hydrogens is 270 g/mol. The van der Waals surface area contributed by atoms with Crippen LogP contribution in [0.15, 0.2) is 6.20 Å². The molecule has 1 N–H and O–H groups in total. The Kier molecular flexibility index (Phi) is 5.15. The number of carbonyl (C=O) groups excluding carboxylic acids is 1. The summed E-state index contributed by atoms with van der Waals surface area (Å²) in [5, 5.41) is 13.3. The van der Waals surface area contributed by atoms with Gasteiger partial charge < -0.3 is 10.0 Å². The fraction of sp³-hybridized carbons (Fsp3) is 0.667. The first-order valence-corrected chi connectivity index (χ1v) is 7.17. The Morgan fingerprint density at radius 3 is 2.38 bits per heavy atom. The molecule has 1 unspecified atom stereocenters. The SMILES string of the molecule is CCC(C)N(CC(=O)O)C(=O)c1cnn(C(C)(C)C)c1C. The maximum atomic E-state index is 12.7. The van der Waals surface area contributed by atoms with Crippen molar-refractivity contribution in [3.05, 3.63) is 17.5 Å². The zero-order valence-corrected chi connectivity index (χ0v) is 13.7. The van der Waals surface area contributed by atoms with Crippen molar-refractivity contribution in [2.24, 2.45) is 0 Å². The molecule has 0 spiro atoms. The molecule has 21 heavy (non-hydrogen) atoms. The summed E-state index contributed by atoms with van der Waals surface area (Å²) in [7, 11) is 0. The van der Waals surface area contributed by atoms with E-state index in [0.29, 0.717) is 12.0 Å². The summed E-state index contributed by atoms with van der Waals surface area (Å²) in [5.41, 5.74) is 0.994. The molecule has 0 aliphatic rings. The second-order valence-corrected chi connectivity index (χ2v) is 6.31. The van der Waals surface area contributed by atoms with Gasteiger partial charge in [0, 0.05) is 11.7 Å². The van der Waals surface area contributed by atoms with E-state index in [1.54, 1.807) is 4.68 Å². The molecule has 0 radical (unpaired) electrons. The van der Waals surface area contributed by atoms with Crippen LogP contribution in [0.4, 0.5) is 0 Å². The van der Waals surface area contributed by atoms with Crippen molar-refractivity contribution >= 4 is 11.9 Å². The lowest BCUT2D eigenvalue weighted by Gasteiger charge is -2.27. The molecular formula is C15H25N3O3. The first-order chi connectivity index (χ1) is 9.59. The molecule has 1 rings (SSSR count). The van der Waals surface area contributed by atoms with Crippen LogP contribution in [0.2, 0.25) is 0 Å². The first kappa shape index (κ1) is 17.2. The van der Waals surface area contributed by atoms with Gasteiger partial charge in [0.25, 0.3) is 5.91 Å². The lowest BCUT2D eigenvalue weighted by atomic mass is 10.1. The van der Waals surface area contributed by atoms with Gasteiger partial charge in [-0.1, -0.05) is 6.92 Å². The number of carbonyl (C=O) groups is 2. The summed E-state index contributed by atoms with van der Waals surface area (Å²) in [6, 6.07) is -0.133. The average Bonchev–Trinajstić information content (AvgIpc) is 2.75. The van der Waals surface area contributed by atoms with Crippen LogP contribution in [0.3, 0.4) is 0 Å². The molecule has 1 amide bonds. The van der Waals surface area contributed by atoms with E-state index in [0.717, 1.165) is 5.69 Å². The van der Waals surface area contributed by atoms with Gasteiger partial charge in [-0.3, -0.25) is 14.3 Å². The van der Waals surface area contributed by atoms with Crippen LogP contribution < -0.4 is 0 Å². The Hall–Kier alpha value is -1.85. The number of aromatic nitrogens is 2. The smallest absolute Gasteiger partial charge is 0.323 e. The van der Waals surface area contributed by atoms with E-state index in [9.17, 15) is 9.59 Å². The highest BCUT2D eigenvalue weighted by Crippen LogP contribution is 2.20. The number of nitrogens with zero attached hydrogens (tertiary/aromatic N) is 3. The Morgan fingerprint density at radius 1 is 1.43 bits per heavy atom. The summed E-state index contributed by atoms with van der Waals surface area (Å²) in [4.78, 5) is 25.0. The van der Waals surface area contributed by atoms with Gasteiger partial charge in [0.15, 0.2) is 0 Å². The second-order valence-electron chi connectivity index (χ2n) is 6.31. The van der Waals surface area contributed by atoms with Gasteiger partial charge >= 0.3 is 5.97 Å². The fourth-order valence-electron chi connectivity index (χ4n) is 2.24. The molecule has 1 aromatic heterocycles. The zero-order valence-electron chi connectivity index (χ0n) is 13.7. The average molecular weight is 295 g/mol. The highest BCUT2D eigenvalue weighted by atomic mass is 16.4. The second kappa shape index (κ2) is 6.28. The molecule has 1 heterocycles. The number of hydrogen-bond donors (Lipinski definition) is 1. The van der Waals surface area contributed by atoms with Gasteiger partial charge in [0.2, 0.25) is 0 Å². The molecule has 1 atom stereocenters. The zero-order chi connectivity index (χ0) is 16.4. The van der Waals surface area contributed by atoms with Crippen LogP contribution in [-0.4, -0.2) is 44.3 Å². The minimum absolute atomic E-state index is 0.133. The molecule has 0 saturated heterocycles. The van der Waals surface area contributed by atoms with Crippen LogP contribution in [-0.2, 0) is 10.3 Å². The van der Waals surface area contributed by atoms with Crippen LogP contribution >= 0.6 is 0 Å². The number of rotatable bonds is 5. The van der Waals surface area contributed by atoms with Gasteiger partial charge in [0.05, 0.1) is 17.3 Å². The normalized spacial score (nSPS) is 13.0. The lowest BCUT2D eigenvalue weighted by Crippen LogP contribution is -2.42. The largest absolute Gasteiger partial charge is 0.480 e. The first-order valence-electron chi connectivity index (χ1n) is 7.17. The van der Waals surface area contributed by atoms with E-state index in [2.05, 4.69) is 5.10 Å². The number of amides is 1. The van der Waals surface area contributed by atoms with Crippen molar-refractivity contribution in [1.82, 2.24) is 14.7 Å². The third-order valence-electron chi connectivity index (χ3n) is 3.56. The van der Waals surface area contributed by atoms with Crippen molar-refractivity contribution in [3.63, 3.8) is 0 Å². The van der Waals surface area contributed by atoms with Gasteiger partial charge in [-0.25, -0.2) is 0 Å². The van der Waals surface area contributed by atoms with Crippen LogP contribution in [0.25, 0.3) is 0 Å². The molecule has 0 bridgehead atoms. The molecule has 0 saturated carbocycles. The van der Waals surface area contributed by atoms with E-state index >= 15 is 0 Å². The van der Waals surface area contributed by atoms with Crippen LogP contribution in [0, 0.1) is 6.92 Å². The molecule has 6 heteroatoms. The topological polar surface area (TPSA) is 75.4 Å². The van der Waals surface area contributed by atoms with Crippen molar-refractivity contribution in [3.8, 4) is 0 Å². The highest BCUT2D eigenvalue weighted by Gasteiger charge is 2.27. The summed E-state index contributed by atoms with van der Waals surface area (Å²) >= 11 is 0. The van der Waals surface area contributed by atoms with Gasteiger partial charge in [-0.2, -0.15) is 5.10 Å². The molecule has 0 aliphatic heterocycles. The maximum Gasteiger partial charge on any atom is 0.323 e. The quantitative estimate of drug-likeness (QED) is 0.904. The highest BCUT2D eigenvalue weighted by molar-refractivity contribution is 5.96. The van der Waals surface area contributed by atoms with Crippen molar-refractivity contribution in [2.45, 2.75) is 59.5 Å². The number of carboxylic acids is 1. The van der Waals surface area contributed by atoms with E-state index in [1.807, 2.05) is 41.5 Å². The maximum absolute atomic E-state index is 12.7. The fourth-order valence-corrected chi connectivity index (χ4v) is 2.24. The summed E-state index contributed by atoms with van der Waals surface area (Å²) in [6.45, 7) is 11.3. The van der Waals surface area contributed by atoms with Crippen LogP contribution in [0.5, 0.6) is 0 Å². The Balaban J connectivity index is 3.16. The van der Waals surface area contributed by atoms with E-state index < -0.39 is 5.97 Å². The van der Waals surface area contributed by atoms with Crippen LogP contribution in [0.1, 0.15) is 57.1 Å². The lowest BCUT2D eigenvalue weighted by molar-refractivity contribution is -0.138. The minimum Gasteiger partial charge on any atom is -0.480 e. The number of hydrogen-bond acceptors (Lipinski definition) is 3. The standard InChI is InChI=1S/C15H25N3O3/c1-7-10(2)17(9-13(19)20)14(21)12-8-16-18(11(12)3)15(4,5)6/h8,10H,7,9H2,1-6H3,(H,19,20). The minimum atomic E-state index is -1.01. The molecule has 1 aromatic rings. The summed E-state index contributed by atoms with van der Waals surface area (Å²) in [6.07, 6.45) is 2.23.